The van der Waals surface area contributed by atoms with Crippen LogP contribution in [0.2, 0.25) is 0 Å². The first-order valence-electron chi connectivity index (χ1n) is 14.3. The molecule has 0 N–H and O–H groups in total. The van der Waals surface area contributed by atoms with E-state index in [0.717, 1.165) is 25.7 Å². The highest BCUT2D eigenvalue weighted by molar-refractivity contribution is 8.01. The predicted octanol–water partition coefficient (Wildman–Crippen LogP) is 5.27. The van der Waals surface area contributed by atoms with Gasteiger partial charge >= 0.3 is 0 Å². The number of ketones is 4. The van der Waals surface area contributed by atoms with Crippen molar-refractivity contribution in [2.45, 2.75) is 92.7 Å². The van der Waals surface area contributed by atoms with Crippen LogP contribution in [0.15, 0.2) is 0 Å². The Morgan fingerprint density at radius 3 is 1.62 bits per heavy atom. The second kappa shape index (κ2) is 17.4. The van der Waals surface area contributed by atoms with Crippen molar-refractivity contribution in [3.05, 3.63) is 0 Å². The highest BCUT2D eigenvalue weighted by atomic mass is 32.2. The minimum absolute atomic E-state index is 0.0467. The van der Waals surface area contributed by atoms with Gasteiger partial charge in [0.1, 0.15) is 23.1 Å². The van der Waals surface area contributed by atoms with Gasteiger partial charge in [-0.2, -0.15) is 0 Å². The van der Waals surface area contributed by atoms with Gasteiger partial charge in [-0.1, -0.05) is 55.4 Å². The molecule has 1 saturated heterocycles. The topological polar surface area (TPSA) is 106 Å². The number of hydrogen-bond acceptors (Lipinski definition) is 8. The Morgan fingerprint density at radius 2 is 1.18 bits per heavy atom. The minimum Gasteiger partial charge on any atom is -0.299 e. The van der Waals surface area contributed by atoms with E-state index < -0.39 is 5.25 Å². The Labute approximate surface area is 243 Å². The maximum Gasteiger partial charge on any atom is 0.242 e. The van der Waals surface area contributed by atoms with Crippen LogP contribution in [0, 0.1) is 35.5 Å². The van der Waals surface area contributed by atoms with E-state index in [1.807, 2.05) is 55.4 Å². The molecule has 2 amide bonds. The van der Waals surface area contributed by atoms with Crippen molar-refractivity contribution in [1.29, 1.82) is 0 Å². The van der Waals surface area contributed by atoms with Gasteiger partial charge in [0.2, 0.25) is 11.8 Å². The Kier molecular flexibility index (Phi) is 15.8. The molecule has 0 radical (unpaired) electrons. The lowest BCUT2D eigenvalue weighted by atomic mass is 9.77. The van der Waals surface area contributed by atoms with E-state index in [1.165, 1.54) is 28.4 Å². The highest BCUT2D eigenvalue weighted by Crippen LogP contribution is 2.33. The molecule has 0 bridgehead atoms. The Hall–Kier alpha value is -1.48. The molecule has 39 heavy (non-hydrogen) atoms. The standard InChI is InChI=1S/C20H31NO4S.C10H18O2S/c1-12(2)16(22)11-26-17-9-18(23)21(20(17)25)10-14-5-7-15(8-6-14)19(24)13(3)4;1-7(2)9(11)5-13-6-10(12)8(3)4/h12-15,17H,5-11H2,1-4H3;7-8H,5-6H2,1-4H3. The number of imide groups is 1. The van der Waals surface area contributed by atoms with Gasteiger partial charge in [0.15, 0.2) is 0 Å². The summed E-state index contributed by atoms with van der Waals surface area (Å²) in [6.07, 6.45) is 3.71. The van der Waals surface area contributed by atoms with Crippen molar-refractivity contribution >= 4 is 58.5 Å². The van der Waals surface area contributed by atoms with Gasteiger partial charge in [-0.15, -0.1) is 23.5 Å². The van der Waals surface area contributed by atoms with Crippen LogP contribution in [0.4, 0.5) is 0 Å². The van der Waals surface area contributed by atoms with E-state index in [9.17, 15) is 28.8 Å². The van der Waals surface area contributed by atoms with E-state index in [2.05, 4.69) is 0 Å². The third-order valence-corrected chi connectivity index (χ3v) is 9.51. The zero-order valence-corrected chi connectivity index (χ0v) is 26.8. The number of rotatable bonds is 14. The number of amides is 2. The number of carbonyl (C=O) groups is 6. The fourth-order valence-electron chi connectivity index (χ4n) is 4.27. The van der Waals surface area contributed by atoms with Crippen molar-refractivity contribution in [1.82, 2.24) is 4.90 Å². The monoisotopic (exact) mass is 583 g/mol. The molecule has 0 aromatic rings. The third kappa shape index (κ3) is 12.3. The summed E-state index contributed by atoms with van der Waals surface area (Å²) in [6, 6.07) is 0. The Morgan fingerprint density at radius 1 is 0.718 bits per heavy atom. The van der Waals surface area contributed by atoms with Crippen molar-refractivity contribution in [2.24, 2.45) is 35.5 Å². The molecule has 0 aromatic carbocycles. The smallest absolute Gasteiger partial charge is 0.242 e. The molecule has 1 heterocycles. The molecular formula is C30H49NO6S2. The number of thioether (sulfide) groups is 2. The first-order valence-corrected chi connectivity index (χ1v) is 16.5. The predicted molar refractivity (Wildman–Crippen MR) is 160 cm³/mol. The zero-order chi connectivity index (χ0) is 29.9. The molecule has 2 aliphatic rings. The van der Waals surface area contributed by atoms with Gasteiger partial charge in [-0.3, -0.25) is 33.7 Å². The number of nitrogens with zero attached hydrogens (tertiary/aromatic N) is 1. The van der Waals surface area contributed by atoms with Crippen LogP contribution in [0.25, 0.3) is 0 Å². The summed E-state index contributed by atoms with van der Waals surface area (Å²) in [4.78, 5) is 72.4. The molecule has 2 rings (SSSR count). The summed E-state index contributed by atoms with van der Waals surface area (Å²) in [7, 11) is 0. The fraction of sp³-hybridized carbons (Fsp3) is 0.800. The van der Waals surface area contributed by atoms with Gasteiger partial charge in [0.05, 0.1) is 22.5 Å². The molecule has 1 saturated carbocycles. The number of Topliss-reactive ketones (excluding diaryl/α,β-unsaturated/α-hetero) is 4. The summed E-state index contributed by atoms with van der Waals surface area (Å²) in [5.74, 6) is 2.49. The first kappa shape index (κ1) is 35.5. The summed E-state index contributed by atoms with van der Waals surface area (Å²) >= 11 is 2.73. The molecule has 1 atom stereocenters. The summed E-state index contributed by atoms with van der Waals surface area (Å²) in [5.41, 5.74) is 0. The maximum atomic E-state index is 12.6. The third-order valence-electron chi connectivity index (χ3n) is 7.31. The molecule has 7 nitrogen and oxygen atoms in total. The van der Waals surface area contributed by atoms with Gasteiger partial charge < -0.3 is 0 Å². The van der Waals surface area contributed by atoms with Crippen LogP contribution in [0.3, 0.4) is 0 Å². The minimum atomic E-state index is -0.413. The van der Waals surface area contributed by atoms with Gasteiger partial charge in [0.25, 0.3) is 0 Å². The summed E-state index contributed by atoms with van der Waals surface area (Å²) in [5, 5.41) is -0.413. The van der Waals surface area contributed by atoms with E-state index in [0.29, 0.717) is 29.8 Å². The maximum absolute atomic E-state index is 12.6. The molecule has 1 unspecified atom stereocenters. The van der Waals surface area contributed by atoms with E-state index in [4.69, 9.17) is 0 Å². The fourth-order valence-corrected chi connectivity index (χ4v) is 6.67. The first-order chi connectivity index (χ1) is 18.1. The molecule has 0 spiro atoms. The molecule has 0 aromatic heterocycles. The van der Waals surface area contributed by atoms with Crippen molar-refractivity contribution in [2.75, 3.05) is 23.8 Å². The second-order valence-corrected chi connectivity index (χ2v) is 14.2. The molecule has 222 valence electrons. The van der Waals surface area contributed by atoms with E-state index in [-0.39, 0.29) is 70.9 Å². The summed E-state index contributed by atoms with van der Waals surface area (Å²) < 4.78 is 0. The van der Waals surface area contributed by atoms with Crippen LogP contribution in [-0.2, 0) is 28.8 Å². The average Bonchev–Trinajstić information content (AvgIpc) is 3.14. The van der Waals surface area contributed by atoms with Crippen LogP contribution in [-0.4, -0.2) is 68.9 Å². The number of hydrogen-bond donors (Lipinski definition) is 0. The van der Waals surface area contributed by atoms with Gasteiger partial charge in [-0.25, -0.2) is 0 Å². The largest absolute Gasteiger partial charge is 0.299 e. The molecule has 1 aliphatic carbocycles. The highest BCUT2D eigenvalue weighted by Gasteiger charge is 2.40. The van der Waals surface area contributed by atoms with Crippen LogP contribution < -0.4 is 0 Å². The Bertz CT molecular complexity index is 855. The molecular weight excluding hydrogens is 534 g/mol. The average molecular weight is 584 g/mol. The van der Waals surface area contributed by atoms with Crippen molar-refractivity contribution < 1.29 is 28.8 Å². The van der Waals surface area contributed by atoms with Gasteiger partial charge in [0, 0.05) is 42.6 Å². The van der Waals surface area contributed by atoms with Crippen LogP contribution in [0.1, 0.15) is 87.5 Å². The van der Waals surface area contributed by atoms with Crippen molar-refractivity contribution in [3.63, 3.8) is 0 Å². The van der Waals surface area contributed by atoms with Crippen LogP contribution in [0.5, 0.6) is 0 Å². The Balaban J connectivity index is 0.000000495. The normalized spacial score (nSPS) is 21.5. The quantitative estimate of drug-likeness (QED) is 0.255. The van der Waals surface area contributed by atoms with Crippen LogP contribution >= 0.6 is 23.5 Å². The second-order valence-electron chi connectivity index (χ2n) is 12.0. The lowest BCUT2D eigenvalue weighted by Crippen LogP contribution is -2.37. The van der Waals surface area contributed by atoms with E-state index in [1.54, 1.807) is 0 Å². The van der Waals surface area contributed by atoms with Gasteiger partial charge in [-0.05, 0) is 31.6 Å². The summed E-state index contributed by atoms with van der Waals surface area (Å²) in [6.45, 7) is 15.6. The lowest BCUT2D eigenvalue weighted by molar-refractivity contribution is -0.139. The molecule has 2 fully saturated rings. The molecule has 9 heteroatoms. The van der Waals surface area contributed by atoms with E-state index >= 15 is 0 Å². The lowest BCUT2D eigenvalue weighted by Gasteiger charge is -2.30. The molecule has 1 aliphatic heterocycles. The number of likely N-dealkylation sites (tertiary alicyclic amines) is 1. The zero-order valence-electron chi connectivity index (χ0n) is 25.1. The SMILES string of the molecule is CC(C)C(=O)CSC1CC(=O)N(CC2CCC(C(=O)C(C)C)CC2)C1=O.CC(C)C(=O)CSCC(=O)C(C)C. The number of carbonyl (C=O) groups excluding carboxylic acids is 6. The van der Waals surface area contributed by atoms with Crippen molar-refractivity contribution in [3.8, 4) is 0 Å².